The molecule has 1 aromatic rings. The van der Waals surface area contributed by atoms with E-state index in [9.17, 15) is 4.91 Å². The molecule has 0 bridgehead atoms. The van der Waals surface area contributed by atoms with Crippen molar-refractivity contribution in [3.05, 3.63) is 28.7 Å². The molecular formula is C9H12N2O. The van der Waals surface area contributed by atoms with Gasteiger partial charge in [-0.05, 0) is 42.8 Å². The molecule has 0 unspecified atom stereocenters. The molecule has 0 heterocycles. The molecule has 3 heteroatoms. The molecule has 0 saturated carbocycles. The molecule has 0 radical (unpaired) electrons. The Labute approximate surface area is 71.8 Å². The molecule has 1 aromatic carbocycles. The zero-order chi connectivity index (χ0) is 8.97. The fourth-order valence-corrected chi connectivity index (χ4v) is 1.09. The van der Waals surface area contributed by atoms with Crippen LogP contribution in [0.5, 0.6) is 0 Å². The Morgan fingerprint density at radius 1 is 1.50 bits per heavy atom. The number of rotatable bonds is 3. The van der Waals surface area contributed by atoms with Crippen LogP contribution in [-0.4, -0.2) is 6.54 Å². The van der Waals surface area contributed by atoms with Crippen molar-refractivity contribution in [2.45, 2.75) is 13.8 Å². The van der Waals surface area contributed by atoms with Gasteiger partial charge in [-0.1, -0.05) is 0 Å². The van der Waals surface area contributed by atoms with Crippen LogP contribution < -0.4 is 5.32 Å². The third kappa shape index (κ3) is 1.81. The maximum atomic E-state index is 10.2. The van der Waals surface area contributed by atoms with Crippen molar-refractivity contribution in [3.8, 4) is 0 Å². The molecule has 1 rings (SSSR count). The predicted octanol–water partition coefficient (Wildman–Crippen LogP) is 2.82. The predicted molar refractivity (Wildman–Crippen MR) is 50.8 cm³/mol. The minimum atomic E-state index is 0.481. The Kier molecular flexibility index (Phi) is 2.80. The highest BCUT2D eigenvalue weighted by molar-refractivity contribution is 5.56. The quantitative estimate of drug-likeness (QED) is 0.698. The monoisotopic (exact) mass is 164 g/mol. The van der Waals surface area contributed by atoms with E-state index in [1.54, 1.807) is 12.1 Å². The average molecular weight is 164 g/mol. The van der Waals surface area contributed by atoms with Gasteiger partial charge in [-0.25, -0.2) is 0 Å². The minimum Gasteiger partial charge on any atom is -0.385 e. The number of benzene rings is 1. The first-order valence-corrected chi connectivity index (χ1v) is 3.95. The van der Waals surface area contributed by atoms with E-state index in [1.807, 2.05) is 19.9 Å². The lowest BCUT2D eigenvalue weighted by molar-refractivity contribution is 1.20. The Morgan fingerprint density at radius 3 is 2.75 bits per heavy atom. The number of anilines is 1. The summed E-state index contributed by atoms with van der Waals surface area (Å²) in [7, 11) is 0. The third-order valence-corrected chi connectivity index (χ3v) is 1.68. The van der Waals surface area contributed by atoms with Gasteiger partial charge in [0.15, 0.2) is 0 Å². The van der Waals surface area contributed by atoms with E-state index in [4.69, 9.17) is 0 Å². The van der Waals surface area contributed by atoms with Crippen LogP contribution in [0.1, 0.15) is 12.5 Å². The smallest absolute Gasteiger partial charge is 0.108 e. The number of nitrogens with zero attached hydrogens (tertiary/aromatic N) is 1. The van der Waals surface area contributed by atoms with Crippen LogP contribution in [0.15, 0.2) is 23.4 Å². The highest BCUT2D eigenvalue weighted by atomic mass is 16.3. The van der Waals surface area contributed by atoms with Gasteiger partial charge in [0, 0.05) is 12.2 Å². The first-order valence-electron chi connectivity index (χ1n) is 3.95. The van der Waals surface area contributed by atoms with Crippen LogP contribution in [0.3, 0.4) is 0 Å². The summed E-state index contributed by atoms with van der Waals surface area (Å²) in [5, 5.41) is 6.04. The molecule has 0 spiro atoms. The van der Waals surface area contributed by atoms with Crippen LogP contribution >= 0.6 is 0 Å². The molecule has 64 valence electrons. The molecule has 0 saturated heterocycles. The van der Waals surface area contributed by atoms with Crippen molar-refractivity contribution < 1.29 is 0 Å². The number of aryl methyl sites for hydroxylation is 1. The van der Waals surface area contributed by atoms with Gasteiger partial charge in [0.2, 0.25) is 0 Å². The molecule has 12 heavy (non-hydrogen) atoms. The Bertz CT molecular complexity index is 284. The van der Waals surface area contributed by atoms with Crippen molar-refractivity contribution in [2.75, 3.05) is 11.9 Å². The second kappa shape index (κ2) is 3.85. The van der Waals surface area contributed by atoms with Gasteiger partial charge in [-0.15, -0.1) is 4.91 Å². The largest absolute Gasteiger partial charge is 0.385 e. The molecule has 0 amide bonds. The standard InChI is InChI=1S/C9H12N2O/c1-3-10-9-5-4-8(11-12)6-7(9)2/h4-6,10H,3H2,1-2H3. The van der Waals surface area contributed by atoms with Crippen LogP contribution in [0, 0.1) is 11.8 Å². The number of hydrogen-bond acceptors (Lipinski definition) is 3. The van der Waals surface area contributed by atoms with E-state index >= 15 is 0 Å². The molecule has 3 nitrogen and oxygen atoms in total. The van der Waals surface area contributed by atoms with Crippen molar-refractivity contribution in [2.24, 2.45) is 5.18 Å². The van der Waals surface area contributed by atoms with Gasteiger partial charge in [0.25, 0.3) is 0 Å². The Balaban J connectivity index is 2.94. The summed E-state index contributed by atoms with van der Waals surface area (Å²) in [6, 6.07) is 5.35. The number of hydrogen-bond donors (Lipinski definition) is 1. The van der Waals surface area contributed by atoms with Gasteiger partial charge in [0.1, 0.15) is 5.69 Å². The summed E-state index contributed by atoms with van der Waals surface area (Å²) in [4.78, 5) is 10.2. The normalized spacial score (nSPS) is 9.50. The molecule has 0 fully saturated rings. The van der Waals surface area contributed by atoms with Gasteiger partial charge in [-0.3, -0.25) is 0 Å². The van der Waals surface area contributed by atoms with Crippen LogP contribution in [0.25, 0.3) is 0 Å². The second-order valence-corrected chi connectivity index (χ2v) is 2.62. The zero-order valence-electron chi connectivity index (χ0n) is 7.29. The van der Waals surface area contributed by atoms with Gasteiger partial charge in [0.05, 0.1) is 0 Å². The Morgan fingerprint density at radius 2 is 2.25 bits per heavy atom. The van der Waals surface area contributed by atoms with E-state index in [0.29, 0.717) is 5.69 Å². The van der Waals surface area contributed by atoms with E-state index in [2.05, 4.69) is 10.5 Å². The lowest BCUT2D eigenvalue weighted by Crippen LogP contribution is -1.97. The van der Waals surface area contributed by atoms with E-state index < -0.39 is 0 Å². The Hall–Kier alpha value is -1.38. The van der Waals surface area contributed by atoms with E-state index in [-0.39, 0.29) is 0 Å². The summed E-state index contributed by atoms with van der Waals surface area (Å²) in [5.41, 5.74) is 2.59. The molecule has 0 aromatic heterocycles. The fourth-order valence-electron chi connectivity index (χ4n) is 1.09. The van der Waals surface area contributed by atoms with Crippen LogP contribution in [0.2, 0.25) is 0 Å². The lowest BCUT2D eigenvalue weighted by Gasteiger charge is -2.06. The molecule has 0 aliphatic heterocycles. The summed E-state index contributed by atoms with van der Waals surface area (Å²) < 4.78 is 0. The summed E-state index contributed by atoms with van der Waals surface area (Å²) in [6.07, 6.45) is 0. The van der Waals surface area contributed by atoms with Crippen molar-refractivity contribution in [3.63, 3.8) is 0 Å². The first kappa shape index (κ1) is 8.71. The lowest BCUT2D eigenvalue weighted by atomic mass is 10.2. The summed E-state index contributed by atoms with van der Waals surface area (Å²) in [6.45, 7) is 4.87. The highest BCUT2D eigenvalue weighted by Crippen LogP contribution is 2.20. The summed E-state index contributed by atoms with van der Waals surface area (Å²) in [5.74, 6) is 0. The molecular weight excluding hydrogens is 152 g/mol. The molecule has 0 atom stereocenters. The maximum Gasteiger partial charge on any atom is 0.108 e. The molecule has 0 aliphatic rings. The topological polar surface area (TPSA) is 41.5 Å². The SMILES string of the molecule is CCNc1ccc(N=O)cc1C. The van der Waals surface area contributed by atoms with E-state index in [1.165, 1.54) is 0 Å². The van der Waals surface area contributed by atoms with Crippen molar-refractivity contribution in [1.82, 2.24) is 0 Å². The van der Waals surface area contributed by atoms with Crippen molar-refractivity contribution in [1.29, 1.82) is 0 Å². The van der Waals surface area contributed by atoms with Gasteiger partial charge >= 0.3 is 0 Å². The number of nitroso groups, excluding NO2 is 1. The number of nitrogens with one attached hydrogen (secondary N) is 1. The minimum absolute atomic E-state index is 0.481. The summed E-state index contributed by atoms with van der Waals surface area (Å²) >= 11 is 0. The van der Waals surface area contributed by atoms with Crippen molar-refractivity contribution >= 4 is 11.4 Å². The average Bonchev–Trinajstić information content (AvgIpc) is 2.09. The van der Waals surface area contributed by atoms with Crippen LogP contribution in [-0.2, 0) is 0 Å². The molecule has 0 aliphatic carbocycles. The van der Waals surface area contributed by atoms with Crippen LogP contribution in [0.4, 0.5) is 11.4 Å². The molecule has 1 N–H and O–H groups in total. The van der Waals surface area contributed by atoms with E-state index in [0.717, 1.165) is 17.8 Å². The zero-order valence-corrected chi connectivity index (χ0v) is 7.29. The highest BCUT2D eigenvalue weighted by Gasteiger charge is 1.97. The maximum absolute atomic E-state index is 10.2. The first-order chi connectivity index (χ1) is 5.77. The van der Waals surface area contributed by atoms with Gasteiger partial charge < -0.3 is 5.32 Å². The third-order valence-electron chi connectivity index (χ3n) is 1.68. The second-order valence-electron chi connectivity index (χ2n) is 2.62. The van der Waals surface area contributed by atoms with Gasteiger partial charge in [-0.2, -0.15) is 0 Å². The fraction of sp³-hybridized carbons (Fsp3) is 0.333.